The second kappa shape index (κ2) is 31.5. The van der Waals surface area contributed by atoms with E-state index in [1.165, 1.54) is 0 Å². The van der Waals surface area contributed by atoms with E-state index in [2.05, 4.69) is 32.5 Å². The number of esters is 2. The van der Waals surface area contributed by atoms with Gasteiger partial charge in [0.15, 0.2) is 17.1 Å². The highest BCUT2D eigenvalue weighted by Crippen LogP contribution is 2.68. The van der Waals surface area contributed by atoms with Crippen molar-refractivity contribution in [2.24, 2.45) is 11.8 Å². The number of thioether (sulfide) groups is 4. The van der Waals surface area contributed by atoms with Gasteiger partial charge in [0, 0.05) is 0 Å². The summed E-state index contributed by atoms with van der Waals surface area (Å²) >= 11 is 4.02. The number of unbranched alkanes of at least 4 members (excludes halogenated alkanes) is 12. The Hall–Kier alpha value is -3.44. The third-order valence-corrected chi connectivity index (χ3v) is 16.0. The molecule has 0 N–H and O–H groups in total. The van der Waals surface area contributed by atoms with E-state index in [0.29, 0.717) is 12.8 Å². The lowest BCUT2D eigenvalue weighted by atomic mass is 10.0. The summed E-state index contributed by atoms with van der Waals surface area (Å²) in [5.74, 6) is -1.28. The Bertz CT molecular complexity index is 1680. The number of carbonyl (C=O) groups excluding carboxylic acids is 4. The first-order chi connectivity index (χ1) is 31.1. The summed E-state index contributed by atoms with van der Waals surface area (Å²) in [4.78, 5) is 58.7. The van der Waals surface area contributed by atoms with Gasteiger partial charge in [0.1, 0.15) is 6.07 Å². The van der Waals surface area contributed by atoms with Crippen molar-refractivity contribution in [3.8, 4) is 17.6 Å². The van der Waals surface area contributed by atoms with Crippen molar-refractivity contribution in [2.45, 2.75) is 190 Å². The minimum atomic E-state index is -0.973. The molecule has 0 aromatic heterocycles. The first-order valence-electron chi connectivity index (χ1n) is 23.4. The monoisotopic (exact) mass is 960 g/mol. The average molecular weight is 961 g/mol. The number of nitriles is 1. The molecule has 2 aliphatic heterocycles. The maximum absolute atomic E-state index is 13.6. The van der Waals surface area contributed by atoms with Crippen LogP contribution in [0.3, 0.4) is 0 Å². The Kier molecular flexibility index (Phi) is 27.0. The minimum absolute atomic E-state index is 0.0189. The molecule has 3 rings (SSSR count). The molecular weight excluding hydrogens is 893 g/mol. The van der Waals surface area contributed by atoms with Crippen LogP contribution in [-0.2, 0) is 28.5 Å². The van der Waals surface area contributed by atoms with Gasteiger partial charge >= 0.3 is 24.2 Å². The van der Waals surface area contributed by atoms with Gasteiger partial charge in [0.05, 0.1) is 61.1 Å². The fourth-order valence-electron chi connectivity index (χ4n) is 6.76. The van der Waals surface area contributed by atoms with E-state index < -0.39 is 24.2 Å². The molecular formula is C48H68N2O10S4. The Balaban J connectivity index is 2.09. The number of rotatable bonds is 30. The third-order valence-electron chi connectivity index (χ3n) is 10.8. The predicted octanol–water partition coefficient (Wildman–Crippen LogP) is 15.2. The maximum Gasteiger partial charge on any atom is 0.513 e. The fraction of sp³-hybridized carbons (Fsp3) is 0.667. The van der Waals surface area contributed by atoms with Gasteiger partial charge in [-0.05, 0) is 37.5 Å². The molecule has 2 aliphatic rings. The lowest BCUT2D eigenvalue weighted by Crippen LogP contribution is -2.18. The fourth-order valence-corrected chi connectivity index (χ4v) is 12.1. The molecule has 0 amide bonds. The number of nitrogens with zero attached hydrogens (tertiary/aromatic N) is 2. The zero-order valence-electron chi connectivity index (χ0n) is 38.7. The molecule has 0 saturated carbocycles. The van der Waals surface area contributed by atoms with Crippen LogP contribution in [0.25, 0.3) is 4.85 Å². The average Bonchev–Trinajstić information content (AvgIpc) is 3.93. The van der Waals surface area contributed by atoms with Gasteiger partial charge in [-0.15, -0.1) is 0 Å². The molecule has 2 atom stereocenters. The highest BCUT2D eigenvalue weighted by molar-refractivity contribution is 8.26. The Morgan fingerprint density at radius 3 is 1.33 bits per heavy atom. The van der Waals surface area contributed by atoms with Gasteiger partial charge in [-0.25, -0.2) is 19.2 Å². The highest BCUT2D eigenvalue weighted by atomic mass is 32.2. The van der Waals surface area contributed by atoms with Crippen molar-refractivity contribution in [2.75, 3.05) is 26.4 Å². The third kappa shape index (κ3) is 17.7. The maximum atomic E-state index is 13.6. The van der Waals surface area contributed by atoms with Crippen molar-refractivity contribution in [1.29, 1.82) is 5.26 Å². The normalized spacial score (nSPS) is 13.5. The van der Waals surface area contributed by atoms with Gasteiger partial charge in [0.2, 0.25) is 0 Å². The number of carbonyl (C=O) groups is 4. The van der Waals surface area contributed by atoms with Crippen LogP contribution in [0.2, 0.25) is 0 Å². The van der Waals surface area contributed by atoms with Crippen LogP contribution in [0.1, 0.15) is 170 Å². The lowest BCUT2D eigenvalue weighted by molar-refractivity contribution is -0.139. The molecule has 12 nitrogen and oxygen atoms in total. The molecule has 0 saturated heterocycles. The molecule has 2 unspecified atom stereocenters. The van der Waals surface area contributed by atoms with E-state index in [9.17, 15) is 24.4 Å². The summed E-state index contributed by atoms with van der Waals surface area (Å²) in [7, 11) is 0. The van der Waals surface area contributed by atoms with E-state index >= 15 is 0 Å². The van der Waals surface area contributed by atoms with E-state index in [-0.39, 0.29) is 89.1 Å². The number of benzene rings is 1. The van der Waals surface area contributed by atoms with Crippen molar-refractivity contribution < 1.29 is 47.6 Å². The van der Waals surface area contributed by atoms with Crippen LogP contribution in [-0.4, -0.2) is 50.7 Å². The van der Waals surface area contributed by atoms with Crippen molar-refractivity contribution in [3.63, 3.8) is 0 Å². The molecule has 16 heteroatoms. The zero-order valence-corrected chi connectivity index (χ0v) is 42.0. The summed E-state index contributed by atoms with van der Waals surface area (Å²) in [5.41, 5.74) is -0.504. The van der Waals surface area contributed by atoms with Crippen LogP contribution >= 0.6 is 47.0 Å². The Morgan fingerprint density at radius 1 is 0.547 bits per heavy atom. The summed E-state index contributed by atoms with van der Waals surface area (Å²) in [6.07, 6.45) is 17.3. The number of ether oxygens (including phenoxy) is 6. The van der Waals surface area contributed by atoms with Crippen molar-refractivity contribution in [3.05, 3.63) is 31.2 Å². The molecule has 2 heterocycles. The largest absolute Gasteiger partial charge is 0.513 e. The second-order valence-electron chi connectivity index (χ2n) is 15.9. The topological polar surface area (TPSA) is 152 Å². The predicted molar refractivity (Wildman–Crippen MR) is 255 cm³/mol. The van der Waals surface area contributed by atoms with Gasteiger partial charge < -0.3 is 28.4 Å². The summed E-state index contributed by atoms with van der Waals surface area (Å²) < 4.78 is 35.0. The number of hydrogen-bond acceptors (Lipinski definition) is 15. The highest BCUT2D eigenvalue weighted by Gasteiger charge is 2.41. The molecule has 64 heavy (non-hydrogen) atoms. The van der Waals surface area contributed by atoms with Gasteiger partial charge in [-0.2, -0.15) is 5.26 Å². The summed E-state index contributed by atoms with van der Waals surface area (Å²) in [5, 5.41) is 10.3. The minimum Gasteiger partial charge on any atom is -0.471 e. The zero-order chi connectivity index (χ0) is 46.7. The van der Waals surface area contributed by atoms with E-state index in [1.807, 2.05) is 19.9 Å². The molecule has 0 radical (unpaired) electrons. The quantitative estimate of drug-likeness (QED) is 0.0137. The molecule has 0 aliphatic carbocycles. The lowest BCUT2D eigenvalue weighted by Gasteiger charge is -2.18. The van der Waals surface area contributed by atoms with Gasteiger partial charge in [-0.1, -0.05) is 191 Å². The molecule has 354 valence electrons. The number of hydrogen-bond donors (Lipinski definition) is 0. The van der Waals surface area contributed by atoms with Gasteiger partial charge in [-0.3, -0.25) is 4.79 Å². The van der Waals surface area contributed by atoms with Gasteiger partial charge in [0.25, 0.3) is 5.70 Å². The standard InChI is InChI=1S/C48H68N2O10S4/c1-8-14-18-20-22-24-28-55-43(51)35(30-49)45-61-39-37(59-47(53)57-31-33(12-5)26-16-10-3)41-42(38(40(39)62-45)60-48(54)58-32-34(13-6)27-17-11-4)64-46(63-41)36(50-7)44(52)56-29-25-23-21-19-15-9-2/h33-34H,8-29,31-32H2,1-6H3. The molecule has 0 fully saturated rings. The SMILES string of the molecule is [C-]#[N+]C(C(=O)OCCCCCCCC)=C1Sc2c(OC(=O)OCC(CC)CCCC)c3c(c(OC(=O)OCC(CC)CCCC)c2S1)SC(=C(C#N)C(=O)OCCCCCCCC)S3. The van der Waals surface area contributed by atoms with Crippen LogP contribution < -0.4 is 9.47 Å². The van der Waals surface area contributed by atoms with E-state index in [4.69, 9.17) is 35.0 Å². The second-order valence-corrected chi connectivity index (χ2v) is 20.5. The first kappa shape index (κ1) is 54.9. The Morgan fingerprint density at radius 2 is 0.938 bits per heavy atom. The molecule has 0 spiro atoms. The molecule has 0 bridgehead atoms. The van der Waals surface area contributed by atoms with Crippen LogP contribution in [0.5, 0.6) is 11.5 Å². The summed E-state index contributed by atoms with van der Waals surface area (Å²) in [6.45, 7) is 21.2. The van der Waals surface area contributed by atoms with Crippen LogP contribution in [0.15, 0.2) is 39.3 Å². The van der Waals surface area contributed by atoms with Crippen LogP contribution in [0, 0.1) is 29.7 Å². The van der Waals surface area contributed by atoms with Crippen LogP contribution in [0.4, 0.5) is 9.59 Å². The first-order valence-corrected chi connectivity index (χ1v) is 26.6. The van der Waals surface area contributed by atoms with E-state index in [1.54, 1.807) is 0 Å². The smallest absolute Gasteiger partial charge is 0.471 e. The van der Waals surface area contributed by atoms with E-state index in [0.717, 1.165) is 163 Å². The van der Waals surface area contributed by atoms with Crippen molar-refractivity contribution >= 4 is 71.3 Å². The Labute approximate surface area is 398 Å². The van der Waals surface area contributed by atoms with Crippen molar-refractivity contribution in [1.82, 2.24) is 0 Å². The number of fused-ring (bicyclic) bond motifs is 2. The molecule has 1 aromatic rings. The summed E-state index contributed by atoms with van der Waals surface area (Å²) in [6, 6.07) is 2.01. The molecule has 1 aromatic carbocycles.